The van der Waals surface area contributed by atoms with Gasteiger partial charge < -0.3 is 10.6 Å². The maximum atomic E-state index is 4.54. The summed E-state index contributed by atoms with van der Waals surface area (Å²) in [5.74, 6) is 1.68. The van der Waals surface area contributed by atoms with Gasteiger partial charge >= 0.3 is 0 Å². The summed E-state index contributed by atoms with van der Waals surface area (Å²) in [5.41, 5.74) is 3.71. The quantitative estimate of drug-likeness (QED) is 0.725. The second kappa shape index (κ2) is 7.11. The Morgan fingerprint density at radius 2 is 2.12 bits per heavy atom. The van der Waals surface area contributed by atoms with Crippen molar-refractivity contribution in [2.75, 3.05) is 18.4 Å². The molecule has 0 radical (unpaired) electrons. The SMILES string of the molecule is Cc1cc2n(n1)CC(CNCc1ccccc1Cn1cccn1)CN2. The summed E-state index contributed by atoms with van der Waals surface area (Å²) in [6.45, 7) is 6.66. The molecule has 0 spiro atoms. The molecule has 1 aliphatic heterocycles. The molecule has 1 unspecified atom stereocenters. The van der Waals surface area contributed by atoms with Crippen molar-refractivity contribution >= 4 is 5.82 Å². The fourth-order valence-electron chi connectivity index (χ4n) is 3.39. The van der Waals surface area contributed by atoms with Crippen LogP contribution in [0, 0.1) is 12.8 Å². The van der Waals surface area contributed by atoms with Gasteiger partial charge in [-0.1, -0.05) is 24.3 Å². The van der Waals surface area contributed by atoms with Gasteiger partial charge in [0.15, 0.2) is 0 Å². The first-order chi connectivity index (χ1) is 12.3. The smallest absolute Gasteiger partial charge is 0.124 e. The molecule has 25 heavy (non-hydrogen) atoms. The zero-order valence-corrected chi connectivity index (χ0v) is 14.5. The molecule has 0 amide bonds. The van der Waals surface area contributed by atoms with Crippen LogP contribution in [0.15, 0.2) is 48.8 Å². The fraction of sp³-hybridized carbons (Fsp3) is 0.368. The lowest BCUT2D eigenvalue weighted by atomic mass is 10.1. The van der Waals surface area contributed by atoms with Crippen LogP contribution in [0.25, 0.3) is 0 Å². The van der Waals surface area contributed by atoms with E-state index in [2.05, 4.69) is 55.8 Å². The van der Waals surface area contributed by atoms with E-state index < -0.39 is 0 Å². The fourth-order valence-corrected chi connectivity index (χ4v) is 3.39. The monoisotopic (exact) mass is 336 g/mol. The van der Waals surface area contributed by atoms with Crippen molar-refractivity contribution in [3.8, 4) is 0 Å². The molecular formula is C19H24N6. The molecule has 0 bridgehead atoms. The van der Waals surface area contributed by atoms with Crippen LogP contribution in [0.2, 0.25) is 0 Å². The summed E-state index contributed by atoms with van der Waals surface area (Å²) in [6.07, 6.45) is 3.82. The molecule has 0 saturated heterocycles. The molecule has 6 nitrogen and oxygen atoms in total. The highest BCUT2D eigenvalue weighted by Gasteiger charge is 2.18. The summed E-state index contributed by atoms with van der Waals surface area (Å²) in [5, 5.41) is 15.9. The van der Waals surface area contributed by atoms with Gasteiger partial charge in [-0.2, -0.15) is 10.2 Å². The van der Waals surface area contributed by atoms with E-state index in [-0.39, 0.29) is 0 Å². The Labute approximate surface area is 147 Å². The van der Waals surface area contributed by atoms with Gasteiger partial charge in [0.2, 0.25) is 0 Å². The lowest BCUT2D eigenvalue weighted by Gasteiger charge is -2.25. The van der Waals surface area contributed by atoms with Gasteiger partial charge in [-0.25, -0.2) is 4.68 Å². The molecule has 1 aliphatic rings. The molecule has 130 valence electrons. The van der Waals surface area contributed by atoms with Crippen LogP contribution >= 0.6 is 0 Å². The van der Waals surface area contributed by atoms with Crippen molar-refractivity contribution in [1.29, 1.82) is 0 Å². The van der Waals surface area contributed by atoms with Crippen LogP contribution in [-0.2, 0) is 19.6 Å². The molecule has 3 heterocycles. The Balaban J connectivity index is 1.33. The summed E-state index contributed by atoms with van der Waals surface area (Å²) in [7, 11) is 0. The highest BCUT2D eigenvalue weighted by atomic mass is 15.3. The Hall–Kier alpha value is -2.60. The maximum absolute atomic E-state index is 4.54. The van der Waals surface area contributed by atoms with Crippen LogP contribution in [0.5, 0.6) is 0 Å². The van der Waals surface area contributed by atoms with Gasteiger partial charge in [-0.3, -0.25) is 4.68 Å². The number of anilines is 1. The second-order valence-corrected chi connectivity index (χ2v) is 6.70. The molecule has 2 N–H and O–H groups in total. The molecule has 0 aliphatic carbocycles. The molecule has 1 atom stereocenters. The van der Waals surface area contributed by atoms with Crippen LogP contribution in [-0.4, -0.2) is 32.7 Å². The first kappa shape index (κ1) is 15.9. The van der Waals surface area contributed by atoms with Gasteiger partial charge in [0, 0.05) is 50.6 Å². The van der Waals surface area contributed by atoms with E-state index in [1.807, 2.05) is 30.1 Å². The highest BCUT2D eigenvalue weighted by molar-refractivity contribution is 5.38. The number of benzene rings is 1. The van der Waals surface area contributed by atoms with E-state index in [1.165, 1.54) is 11.1 Å². The molecule has 1 aromatic carbocycles. The maximum Gasteiger partial charge on any atom is 0.124 e. The van der Waals surface area contributed by atoms with E-state index in [0.29, 0.717) is 5.92 Å². The van der Waals surface area contributed by atoms with Crippen LogP contribution in [0.4, 0.5) is 5.82 Å². The predicted octanol–water partition coefficient (Wildman–Crippen LogP) is 2.27. The third-order valence-corrected chi connectivity index (χ3v) is 4.66. The van der Waals surface area contributed by atoms with Gasteiger partial charge in [0.1, 0.15) is 5.82 Å². The summed E-state index contributed by atoms with van der Waals surface area (Å²) in [6, 6.07) is 12.6. The third-order valence-electron chi connectivity index (χ3n) is 4.66. The van der Waals surface area contributed by atoms with Crippen LogP contribution in [0.3, 0.4) is 0 Å². The van der Waals surface area contributed by atoms with Crippen molar-refractivity contribution in [3.05, 3.63) is 65.6 Å². The molecule has 3 aromatic rings. The Bertz CT molecular complexity index is 820. The topological polar surface area (TPSA) is 59.7 Å². The summed E-state index contributed by atoms with van der Waals surface area (Å²) in [4.78, 5) is 0. The Morgan fingerprint density at radius 3 is 2.96 bits per heavy atom. The molecule has 4 rings (SSSR count). The van der Waals surface area contributed by atoms with Gasteiger partial charge in [-0.05, 0) is 24.1 Å². The average Bonchev–Trinajstić information content (AvgIpc) is 3.24. The van der Waals surface area contributed by atoms with E-state index in [0.717, 1.165) is 44.2 Å². The van der Waals surface area contributed by atoms with E-state index in [1.54, 1.807) is 0 Å². The van der Waals surface area contributed by atoms with E-state index >= 15 is 0 Å². The lowest BCUT2D eigenvalue weighted by Crippen LogP contribution is -2.35. The van der Waals surface area contributed by atoms with Gasteiger partial charge in [0.25, 0.3) is 0 Å². The number of rotatable bonds is 6. The minimum Gasteiger partial charge on any atom is -0.370 e. The first-order valence-electron chi connectivity index (χ1n) is 8.81. The number of fused-ring (bicyclic) bond motifs is 1. The molecular weight excluding hydrogens is 312 g/mol. The van der Waals surface area contributed by atoms with E-state index in [9.17, 15) is 0 Å². The van der Waals surface area contributed by atoms with Crippen molar-refractivity contribution in [3.63, 3.8) is 0 Å². The number of hydrogen-bond acceptors (Lipinski definition) is 4. The van der Waals surface area contributed by atoms with E-state index in [4.69, 9.17) is 0 Å². The standard InChI is InChI=1S/C19H24N6/c1-15-9-19-21-11-16(13-25(19)23-15)10-20-12-17-5-2-3-6-18(17)14-24-8-4-7-22-24/h2-9,16,20-21H,10-14H2,1H3. The van der Waals surface area contributed by atoms with Crippen molar-refractivity contribution < 1.29 is 0 Å². The number of nitrogens with zero attached hydrogens (tertiary/aromatic N) is 4. The van der Waals surface area contributed by atoms with Crippen LogP contribution < -0.4 is 10.6 Å². The Kier molecular flexibility index (Phi) is 4.52. The number of nitrogens with one attached hydrogen (secondary N) is 2. The largest absolute Gasteiger partial charge is 0.370 e. The minimum atomic E-state index is 0.546. The summed E-state index contributed by atoms with van der Waals surface area (Å²) >= 11 is 0. The molecule has 0 saturated carbocycles. The molecule has 6 heteroatoms. The number of aromatic nitrogens is 4. The normalized spacial score (nSPS) is 16.4. The molecule has 2 aromatic heterocycles. The molecule has 0 fully saturated rings. The number of aryl methyl sites for hydroxylation is 1. The van der Waals surface area contributed by atoms with Crippen molar-refractivity contribution in [1.82, 2.24) is 24.9 Å². The van der Waals surface area contributed by atoms with Crippen molar-refractivity contribution in [2.24, 2.45) is 5.92 Å². The third kappa shape index (κ3) is 3.74. The van der Waals surface area contributed by atoms with Crippen LogP contribution in [0.1, 0.15) is 16.8 Å². The van der Waals surface area contributed by atoms with Crippen molar-refractivity contribution in [2.45, 2.75) is 26.6 Å². The minimum absolute atomic E-state index is 0.546. The lowest BCUT2D eigenvalue weighted by molar-refractivity contribution is 0.390. The predicted molar refractivity (Wildman–Crippen MR) is 98.4 cm³/mol. The first-order valence-corrected chi connectivity index (χ1v) is 8.81. The summed E-state index contributed by atoms with van der Waals surface area (Å²) < 4.78 is 4.04. The zero-order chi connectivity index (χ0) is 17.1. The van der Waals surface area contributed by atoms with Gasteiger partial charge in [0.05, 0.1) is 12.2 Å². The highest BCUT2D eigenvalue weighted by Crippen LogP contribution is 2.18. The number of hydrogen-bond donors (Lipinski definition) is 2. The Morgan fingerprint density at radius 1 is 1.24 bits per heavy atom. The zero-order valence-electron chi connectivity index (χ0n) is 14.5. The average molecular weight is 336 g/mol. The second-order valence-electron chi connectivity index (χ2n) is 6.70. The van der Waals surface area contributed by atoms with Gasteiger partial charge in [-0.15, -0.1) is 0 Å².